The van der Waals surface area contributed by atoms with E-state index in [0.29, 0.717) is 23.4 Å². The molecule has 0 atom stereocenters. The molecule has 0 spiro atoms. The number of hydrazine groups is 1. The first-order chi connectivity index (χ1) is 9.08. The minimum atomic E-state index is 0.101. The van der Waals surface area contributed by atoms with E-state index in [0.717, 1.165) is 0 Å². The third kappa shape index (κ3) is 3.32. The molecule has 1 aromatic heterocycles. The molecule has 0 unspecified atom stereocenters. The fourth-order valence-corrected chi connectivity index (χ4v) is 1.61. The summed E-state index contributed by atoms with van der Waals surface area (Å²) in [5.74, 6) is 7.30. The molecule has 0 amide bonds. The monoisotopic (exact) mass is 259 g/mol. The quantitative estimate of drug-likeness (QED) is 0.575. The zero-order chi connectivity index (χ0) is 13.8. The minimum Gasteiger partial charge on any atom is -0.439 e. The first kappa shape index (κ1) is 13.1. The predicted molar refractivity (Wildman–Crippen MR) is 74.9 cm³/mol. The molecule has 0 saturated heterocycles. The van der Waals surface area contributed by atoms with Crippen LogP contribution in [0.1, 0.15) is 25.3 Å². The van der Waals surface area contributed by atoms with Crippen molar-refractivity contribution in [1.29, 1.82) is 0 Å². The molecule has 0 fully saturated rings. The number of nitrogens with one attached hydrogen (secondary N) is 1. The van der Waals surface area contributed by atoms with Gasteiger partial charge in [-0.15, -0.1) is 0 Å². The van der Waals surface area contributed by atoms with Gasteiger partial charge in [0.1, 0.15) is 11.6 Å². The third-order valence-electron chi connectivity index (χ3n) is 2.64. The van der Waals surface area contributed by atoms with E-state index in [1.807, 2.05) is 24.3 Å². The van der Waals surface area contributed by atoms with Gasteiger partial charge < -0.3 is 15.9 Å². The highest BCUT2D eigenvalue weighted by Gasteiger charge is 2.05. The van der Waals surface area contributed by atoms with Crippen LogP contribution < -0.4 is 21.7 Å². The average molecular weight is 259 g/mol. The van der Waals surface area contributed by atoms with Crippen LogP contribution in [0.15, 0.2) is 30.3 Å². The summed E-state index contributed by atoms with van der Waals surface area (Å²) < 4.78 is 5.61. The molecule has 6 heteroatoms. The molecular weight excluding hydrogens is 242 g/mol. The van der Waals surface area contributed by atoms with Gasteiger partial charge >= 0.3 is 0 Å². The molecule has 0 radical (unpaired) electrons. The number of anilines is 2. The molecular formula is C13H17N5O. The maximum atomic E-state index is 5.61. The van der Waals surface area contributed by atoms with Crippen LogP contribution in [0.25, 0.3) is 0 Å². The van der Waals surface area contributed by atoms with Gasteiger partial charge in [0.25, 0.3) is 0 Å². The second kappa shape index (κ2) is 5.53. The second-order valence-corrected chi connectivity index (χ2v) is 4.42. The van der Waals surface area contributed by atoms with Gasteiger partial charge in [-0.1, -0.05) is 26.0 Å². The van der Waals surface area contributed by atoms with Crippen molar-refractivity contribution >= 4 is 11.8 Å². The highest BCUT2D eigenvalue weighted by molar-refractivity contribution is 5.43. The SMILES string of the molecule is CC(C)c1ccc(Oc2cc(NN)nc(N)n2)cc1. The standard InChI is InChI=1S/C13H17N5O/c1-8(2)9-3-5-10(6-4-9)19-12-7-11(18-15)16-13(14)17-12/h3-8H,15H2,1-2H3,(H3,14,16,17,18). The van der Waals surface area contributed by atoms with E-state index < -0.39 is 0 Å². The highest BCUT2D eigenvalue weighted by atomic mass is 16.5. The van der Waals surface area contributed by atoms with E-state index in [9.17, 15) is 0 Å². The fraction of sp³-hybridized carbons (Fsp3) is 0.231. The van der Waals surface area contributed by atoms with Crippen LogP contribution >= 0.6 is 0 Å². The van der Waals surface area contributed by atoms with Gasteiger partial charge in [0, 0.05) is 6.07 Å². The summed E-state index contributed by atoms with van der Waals surface area (Å²) >= 11 is 0. The van der Waals surface area contributed by atoms with E-state index in [1.165, 1.54) is 5.56 Å². The molecule has 2 aromatic rings. The lowest BCUT2D eigenvalue weighted by Gasteiger charge is -2.09. The molecule has 0 aliphatic rings. The zero-order valence-corrected chi connectivity index (χ0v) is 10.9. The number of hydrogen-bond acceptors (Lipinski definition) is 6. The summed E-state index contributed by atoms with van der Waals surface area (Å²) in [5, 5.41) is 0. The molecule has 6 nitrogen and oxygen atoms in total. The number of hydrogen-bond donors (Lipinski definition) is 3. The largest absolute Gasteiger partial charge is 0.439 e. The number of rotatable bonds is 4. The van der Waals surface area contributed by atoms with Gasteiger partial charge in [-0.25, -0.2) is 5.84 Å². The number of benzene rings is 1. The Kier molecular flexibility index (Phi) is 3.82. The molecule has 5 N–H and O–H groups in total. The number of nitrogens with zero attached hydrogens (tertiary/aromatic N) is 2. The Morgan fingerprint density at radius 3 is 2.42 bits per heavy atom. The number of nitrogens with two attached hydrogens (primary N) is 2. The molecule has 0 aliphatic carbocycles. The summed E-state index contributed by atoms with van der Waals surface area (Å²) in [6, 6.07) is 9.40. The van der Waals surface area contributed by atoms with Gasteiger partial charge in [0.15, 0.2) is 0 Å². The van der Waals surface area contributed by atoms with Crippen LogP contribution in [0.5, 0.6) is 11.6 Å². The van der Waals surface area contributed by atoms with E-state index in [1.54, 1.807) is 6.07 Å². The van der Waals surface area contributed by atoms with Crippen LogP contribution in [-0.2, 0) is 0 Å². The van der Waals surface area contributed by atoms with Crippen molar-refractivity contribution < 1.29 is 4.74 Å². The van der Waals surface area contributed by atoms with Crippen molar-refractivity contribution in [2.45, 2.75) is 19.8 Å². The van der Waals surface area contributed by atoms with Crippen molar-refractivity contribution in [2.75, 3.05) is 11.2 Å². The van der Waals surface area contributed by atoms with Crippen LogP contribution in [0.2, 0.25) is 0 Å². The summed E-state index contributed by atoms with van der Waals surface area (Å²) in [4.78, 5) is 7.87. The summed E-state index contributed by atoms with van der Waals surface area (Å²) in [7, 11) is 0. The van der Waals surface area contributed by atoms with E-state index >= 15 is 0 Å². The smallest absolute Gasteiger partial charge is 0.226 e. The Morgan fingerprint density at radius 1 is 1.16 bits per heavy atom. The van der Waals surface area contributed by atoms with E-state index in [4.69, 9.17) is 16.3 Å². The molecule has 1 heterocycles. The van der Waals surface area contributed by atoms with Gasteiger partial charge in [-0.2, -0.15) is 9.97 Å². The van der Waals surface area contributed by atoms with Crippen LogP contribution in [0.3, 0.4) is 0 Å². The third-order valence-corrected chi connectivity index (χ3v) is 2.64. The van der Waals surface area contributed by atoms with Crippen molar-refractivity contribution in [3.63, 3.8) is 0 Å². The summed E-state index contributed by atoms with van der Waals surface area (Å²) in [5.41, 5.74) is 9.21. The number of ether oxygens (including phenoxy) is 1. The molecule has 19 heavy (non-hydrogen) atoms. The first-order valence-corrected chi connectivity index (χ1v) is 5.97. The zero-order valence-electron chi connectivity index (χ0n) is 10.9. The van der Waals surface area contributed by atoms with Crippen molar-refractivity contribution in [3.05, 3.63) is 35.9 Å². The molecule has 100 valence electrons. The predicted octanol–water partition coefficient (Wildman–Crippen LogP) is 2.26. The van der Waals surface area contributed by atoms with Gasteiger partial charge in [-0.3, -0.25) is 0 Å². The highest BCUT2D eigenvalue weighted by Crippen LogP contribution is 2.24. The lowest BCUT2D eigenvalue weighted by molar-refractivity contribution is 0.462. The molecule has 2 rings (SSSR count). The van der Waals surface area contributed by atoms with Crippen molar-refractivity contribution in [1.82, 2.24) is 9.97 Å². The first-order valence-electron chi connectivity index (χ1n) is 5.97. The number of nitrogen functional groups attached to an aromatic ring is 2. The fourth-order valence-electron chi connectivity index (χ4n) is 1.61. The average Bonchev–Trinajstić information content (AvgIpc) is 2.38. The Hall–Kier alpha value is -2.34. The van der Waals surface area contributed by atoms with Gasteiger partial charge in [0.2, 0.25) is 11.8 Å². The Labute approximate surface area is 111 Å². The van der Waals surface area contributed by atoms with Crippen LogP contribution in [0, 0.1) is 0 Å². The molecule has 0 bridgehead atoms. The van der Waals surface area contributed by atoms with Gasteiger partial charge in [-0.05, 0) is 23.6 Å². The summed E-state index contributed by atoms with van der Waals surface area (Å²) in [6.07, 6.45) is 0. The maximum absolute atomic E-state index is 5.61. The van der Waals surface area contributed by atoms with E-state index in [-0.39, 0.29) is 5.95 Å². The van der Waals surface area contributed by atoms with Gasteiger partial charge in [0.05, 0.1) is 0 Å². The lowest BCUT2D eigenvalue weighted by atomic mass is 10.0. The second-order valence-electron chi connectivity index (χ2n) is 4.42. The lowest BCUT2D eigenvalue weighted by Crippen LogP contribution is -2.10. The Bertz CT molecular complexity index is 553. The van der Waals surface area contributed by atoms with Crippen LogP contribution in [0.4, 0.5) is 11.8 Å². The van der Waals surface area contributed by atoms with E-state index in [2.05, 4.69) is 29.2 Å². The van der Waals surface area contributed by atoms with Crippen molar-refractivity contribution in [3.8, 4) is 11.6 Å². The molecule has 0 aliphatic heterocycles. The van der Waals surface area contributed by atoms with Crippen molar-refractivity contribution in [2.24, 2.45) is 5.84 Å². The summed E-state index contributed by atoms with van der Waals surface area (Å²) in [6.45, 7) is 4.28. The maximum Gasteiger partial charge on any atom is 0.226 e. The topological polar surface area (TPSA) is 99.1 Å². The minimum absolute atomic E-state index is 0.101. The van der Waals surface area contributed by atoms with Crippen LogP contribution in [-0.4, -0.2) is 9.97 Å². The Morgan fingerprint density at radius 2 is 1.84 bits per heavy atom. The molecule has 0 saturated carbocycles. The Balaban J connectivity index is 2.18. The molecule has 1 aromatic carbocycles. The normalized spacial score (nSPS) is 10.5. The number of aromatic nitrogens is 2.